The fourth-order valence-electron chi connectivity index (χ4n) is 1.93. The zero-order valence-corrected chi connectivity index (χ0v) is 8.62. The summed E-state index contributed by atoms with van der Waals surface area (Å²) in [7, 11) is 1.63. The molecule has 0 spiro atoms. The molecule has 2 rings (SSSR count). The SMILES string of the molecule is COc1ccc2c(c1)/C(=C/C(N)=O)CC2. The topological polar surface area (TPSA) is 52.3 Å². The number of benzene rings is 1. The van der Waals surface area contributed by atoms with Crippen molar-refractivity contribution in [2.45, 2.75) is 12.8 Å². The Balaban J connectivity index is 2.44. The number of fused-ring (bicyclic) bond motifs is 1. The first-order chi connectivity index (χ1) is 7.20. The highest BCUT2D eigenvalue weighted by Crippen LogP contribution is 2.34. The minimum Gasteiger partial charge on any atom is -0.497 e. The van der Waals surface area contributed by atoms with Crippen LogP contribution < -0.4 is 10.5 Å². The number of carbonyl (C=O) groups is 1. The molecule has 1 aromatic rings. The molecular formula is C12H13NO2. The number of primary amides is 1. The number of amides is 1. The maximum Gasteiger partial charge on any atom is 0.241 e. The first-order valence-corrected chi connectivity index (χ1v) is 4.88. The zero-order valence-electron chi connectivity index (χ0n) is 8.62. The van der Waals surface area contributed by atoms with Gasteiger partial charge in [0, 0.05) is 6.08 Å². The van der Waals surface area contributed by atoms with Crippen LogP contribution in [0.25, 0.3) is 5.57 Å². The Bertz CT molecular complexity index is 435. The molecule has 15 heavy (non-hydrogen) atoms. The van der Waals surface area contributed by atoms with Crippen molar-refractivity contribution < 1.29 is 9.53 Å². The van der Waals surface area contributed by atoms with Crippen molar-refractivity contribution >= 4 is 11.5 Å². The monoisotopic (exact) mass is 203 g/mol. The minimum absolute atomic E-state index is 0.388. The molecule has 0 bridgehead atoms. The largest absolute Gasteiger partial charge is 0.497 e. The van der Waals surface area contributed by atoms with E-state index in [-0.39, 0.29) is 5.91 Å². The predicted molar refractivity (Wildman–Crippen MR) is 58.5 cm³/mol. The second kappa shape index (κ2) is 3.77. The van der Waals surface area contributed by atoms with Crippen molar-refractivity contribution in [1.29, 1.82) is 0 Å². The van der Waals surface area contributed by atoms with Crippen LogP contribution in [0.1, 0.15) is 17.5 Å². The Morgan fingerprint density at radius 3 is 2.93 bits per heavy atom. The number of allylic oxidation sites excluding steroid dienone is 1. The number of rotatable bonds is 2. The van der Waals surface area contributed by atoms with Gasteiger partial charge < -0.3 is 10.5 Å². The minimum atomic E-state index is -0.388. The molecule has 0 aliphatic heterocycles. The van der Waals surface area contributed by atoms with Crippen LogP contribution in [0.4, 0.5) is 0 Å². The molecule has 0 radical (unpaired) electrons. The first-order valence-electron chi connectivity index (χ1n) is 4.88. The van der Waals surface area contributed by atoms with Gasteiger partial charge in [0.15, 0.2) is 0 Å². The highest BCUT2D eigenvalue weighted by Gasteiger charge is 2.17. The summed E-state index contributed by atoms with van der Waals surface area (Å²) in [6, 6.07) is 5.93. The van der Waals surface area contributed by atoms with Crippen molar-refractivity contribution in [3.05, 3.63) is 35.4 Å². The molecule has 3 nitrogen and oxygen atoms in total. The molecule has 2 N–H and O–H groups in total. The Morgan fingerprint density at radius 2 is 2.27 bits per heavy atom. The lowest BCUT2D eigenvalue weighted by molar-refractivity contribution is -0.113. The van der Waals surface area contributed by atoms with Gasteiger partial charge in [-0.3, -0.25) is 4.79 Å². The van der Waals surface area contributed by atoms with Gasteiger partial charge in [0.05, 0.1) is 7.11 Å². The summed E-state index contributed by atoms with van der Waals surface area (Å²) in [6.45, 7) is 0. The van der Waals surface area contributed by atoms with E-state index in [9.17, 15) is 4.79 Å². The predicted octanol–water partition coefficient (Wildman–Crippen LogP) is 1.51. The van der Waals surface area contributed by atoms with Crippen LogP contribution in [0.3, 0.4) is 0 Å². The Morgan fingerprint density at radius 1 is 1.47 bits per heavy atom. The molecule has 0 fully saturated rings. The summed E-state index contributed by atoms with van der Waals surface area (Å²) in [6.07, 6.45) is 3.36. The van der Waals surface area contributed by atoms with Gasteiger partial charge in [-0.15, -0.1) is 0 Å². The van der Waals surface area contributed by atoms with Gasteiger partial charge in [0.25, 0.3) is 0 Å². The van der Waals surface area contributed by atoms with Gasteiger partial charge in [-0.05, 0) is 41.7 Å². The van der Waals surface area contributed by atoms with Crippen LogP contribution >= 0.6 is 0 Å². The van der Waals surface area contributed by atoms with E-state index in [0.29, 0.717) is 0 Å². The summed E-state index contributed by atoms with van der Waals surface area (Å²) >= 11 is 0. The standard InChI is InChI=1S/C12H13NO2/c1-15-10-5-4-8-2-3-9(6-12(13)14)11(8)7-10/h4-7H,2-3H2,1H3,(H2,13,14)/b9-6+. The van der Waals surface area contributed by atoms with E-state index in [2.05, 4.69) is 0 Å². The summed E-state index contributed by atoms with van der Waals surface area (Å²) in [4.78, 5) is 10.8. The van der Waals surface area contributed by atoms with Crippen molar-refractivity contribution in [3.8, 4) is 5.75 Å². The van der Waals surface area contributed by atoms with Crippen LogP contribution in [0, 0.1) is 0 Å². The van der Waals surface area contributed by atoms with Gasteiger partial charge >= 0.3 is 0 Å². The van der Waals surface area contributed by atoms with Gasteiger partial charge in [-0.25, -0.2) is 0 Å². The Labute approximate surface area is 88.5 Å². The zero-order chi connectivity index (χ0) is 10.8. The smallest absolute Gasteiger partial charge is 0.241 e. The van der Waals surface area contributed by atoms with Gasteiger partial charge in [0.2, 0.25) is 5.91 Å². The summed E-state index contributed by atoms with van der Waals surface area (Å²) in [5.41, 5.74) is 8.51. The molecule has 0 atom stereocenters. The molecule has 3 heteroatoms. The van der Waals surface area contributed by atoms with Crippen LogP contribution in [-0.4, -0.2) is 13.0 Å². The second-order valence-corrected chi connectivity index (χ2v) is 3.60. The van der Waals surface area contributed by atoms with Gasteiger partial charge in [0.1, 0.15) is 5.75 Å². The molecule has 78 valence electrons. The van der Waals surface area contributed by atoms with Crippen molar-refractivity contribution in [2.24, 2.45) is 5.73 Å². The average molecular weight is 203 g/mol. The third kappa shape index (κ3) is 1.86. The number of nitrogens with two attached hydrogens (primary N) is 1. The second-order valence-electron chi connectivity index (χ2n) is 3.60. The molecule has 0 saturated carbocycles. The average Bonchev–Trinajstić information content (AvgIpc) is 2.60. The molecule has 1 amide bonds. The van der Waals surface area contributed by atoms with E-state index < -0.39 is 0 Å². The van der Waals surface area contributed by atoms with Crippen molar-refractivity contribution in [3.63, 3.8) is 0 Å². The van der Waals surface area contributed by atoms with Gasteiger partial charge in [-0.1, -0.05) is 6.07 Å². The first kappa shape index (κ1) is 9.77. The molecule has 0 heterocycles. The van der Waals surface area contributed by atoms with Crippen LogP contribution in [0.2, 0.25) is 0 Å². The van der Waals surface area contributed by atoms with E-state index in [0.717, 1.165) is 29.7 Å². The lowest BCUT2D eigenvalue weighted by Crippen LogP contribution is -2.06. The normalized spacial score (nSPS) is 16.5. The lowest BCUT2D eigenvalue weighted by Gasteiger charge is -2.04. The van der Waals surface area contributed by atoms with E-state index >= 15 is 0 Å². The number of aryl methyl sites for hydroxylation is 1. The molecule has 1 aromatic carbocycles. The van der Waals surface area contributed by atoms with E-state index in [1.165, 1.54) is 11.6 Å². The van der Waals surface area contributed by atoms with E-state index in [1.807, 2.05) is 18.2 Å². The highest BCUT2D eigenvalue weighted by atomic mass is 16.5. The van der Waals surface area contributed by atoms with Gasteiger partial charge in [-0.2, -0.15) is 0 Å². The maximum atomic E-state index is 10.8. The fraction of sp³-hybridized carbons (Fsp3) is 0.250. The summed E-state index contributed by atoms with van der Waals surface area (Å²) < 4.78 is 5.15. The molecule has 0 aromatic heterocycles. The Kier molecular flexibility index (Phi) is 2.46. The highest BCUT2D eigenvalue weighted by molar-refractivity contribution is 5.95. The molecule has 1 aliphatic carbocycles. The number of hydrogen-bond acceptors (Lipinski definition) is 2. The van der Waals surface area contributed by atoms with E-state index in [1.54, 1.807) is 7.11 Å². The third-order valence-corrected chi connectivity index (χ3v) is 2.64. The molecule has 0 saturated heterocycles. The quantitative estimate of drug-likeness (QED) is 0.741. The lowest BCUT2D eigenvalue weighted by atomic mass is 10.1. The van der Waals surface area contributed by atoms with E-state index in [4.69, 9.17) is 10.5 Å². The third-order valence-electron chi connectivity index (χ3n) is 2.64. The number of methoxy groups -OCH3 is 1. The molecule has 1 aliphatic rings. The van der Waals surface area contributed by atoms with Crippen molar-refractivity contribution in [1.82, 2.24) is 0 Å². The molecule has 0 unspecified atom stereocenters. The van der Waals surface area contributed by atoms with Crippen LogP contribution in [0.5, 0.6) is 5.75 Å². The maximum absolute atomic E-state index is 10.8. The number of hydrogen-bond donors (Lipinski definition) is 1. The van der Waals surface area contributed by atoms with Crippen LogP contribution in [-0.2, 0) is 11.2 Å². The number of ether oxygens (including phenoxy) is 1. The van der Waals surface area contributed by atoms with Crippen LogP contribution in [0.15, 0.2) is 24.3 Å². The Hall–Kier alpha value is -1.77. The van der Waals surface area contributed by atoms with Crippen molar-refractivity contribution in [2.75, 3.05) is 7.11 Å². The summed E-state index contributed by atoms with van der Waals surface area (Å²) in [5, 5.41) is 0. The fourth-order valence-corrected chi connectivity index (χ4v) is 1.93. The molecular weight excluding hydrogens is 190 g/mol. The number of carbonyl (C=O) groups excluding carboxylic acids is 1. The summed E-state index contributed by atoms with van der Waals surface area (Å²) in [5.74, 6) is 0.423.